The van der Waals surface area contributed by atoms with Gasteiger partial charge in [0.15, 0.2) is 11.5 Å². The molecule has 0 aromatic heterocycles. The minimum atomic E-state index is -4.38. The number of nitrogens with zero attached hydrogens (tertiary/aromatic N) is 1. The Morgan fingerprint density at radius 1 is 1.16 bits per heavy atom. The Bertz CT molecular complexity index is 656. The van der Waals surface area contributed by atoms with E-state index < -0.39 is 10.4 Å². The first-order chi connectivity index (χ1) is 11.9. The summed E-state index contributed by atoms with van der Waals surface area (Å²) in [5.41, 5.74) is 1.11. The molecule has 142 valence electrons. The lowest BCUT2D eigenvalue weighted by Gasteiger charge is -2.41. The van der Waals surface area contributed by atoms with Crippen LogP contribution in [-0.4, -0.2) is 71.1 Å². The van der Waals surface area contributed by atoms with Crippen molar-refractivity contribution in [1.82, 2.24) is 0 Å². The summed E-state index contributed by atoms with van der Waals surface area (Å²) in [6.45, 7) is 4.45. The van der Waals surface area contributed by atoms with Crippen LogP contribution in [0.15, 0.2) is 18.2 Å². The van der Waals surface area contributed by atoms with Gasteiger partial charge in [-0.25, -0.2) is 4.18 Å². The zero-order chi connectivity index (χ0) is 18.3. The third kappa shape index (κ3) is 6.12. The Hall–Kier alpha value is -1.39. The molecule has 1 aromatic carbocycles. The molecular weight excluding hydrogens is 350 g/mol. The quantitative estimate of drug-likeness (QED) is 0.394. The number of rotatable bonds is 9. The number of quaternary nitrogens is 1. The molecule has 1 heterocycles. The van der Waals surface area contributed by atoms with Crippen LogP contribution in [-0.2, 0) is 25.9 Å². The van der Waals surface area contributed by atoms with Gasteiger partial charge in [0.25, 0.3) is 0 Å². The maximum absolute atomic E-state index is 10.7. The number of hydrogen-bond acceptors (Lipinski definition) is 6. The summed E-state index contributed by atoms with van der Waals surface area (Å²) in [5, 5.41) is 0. The van der Waals surface area contributed by atoms with Gasteiger partial charge in [0.1, 0.15) is 19.6 Å². The van der Waals surface area contributed by atoms with Crippen molar-refractivity contribution >= 4 is 10.4 Å². The summed E-state index contributed by atoms with van der Waals surface area (Å²) in [4.78, 5) is 0. The molecule has 1 aliphatic rings. The average Bonchev–Trinajstić information content (AvgIpc) is 2.59. The van der Waals surface area contributed by atoms with Gasteiger partial charge < -0.3 is 18.7 Å². The lowest BCUT2D eigenvalue weighted by molar-refractivity contribution is -0.947. The fraction of sp³-hybridized carbons (Fsp3) is 0.625. The van der Waals surface area contributed by atoms with Crippen molar-refractivity contribution < 1.29 is 35.8 Å². The van der Waals surface area contributed by atoms with Crippen LogP contribution >= 0.6 is 0 Å². The molecule has 25 heavy (non-hydrogen) atoms. The predicted molar refractivity (Wildman–Crippen MR) is 91.0 cm³/mol. The molecule has 0 bridgehead atoms. The smallest absolute Gasteiger partial charge is 0.397 e. The summed E-state index contributed by atoms with van der Waals surface area (Å²) < 4.78 is 51.3. The highest BCUT2D eigenvalue weighted by Crippen LogP contribution is 2.29. The van der Waals surface area contributed by atoms with Crippen molar-refractivity contribution in [3.63, 3.8) is 0 Å². The molecule has 1 aromatic rings. The molecule has 0 saturated carbocycles. The fourth-order valence-electron chi connectivity index (χ4n) is 3.12. The first-order valence-electron chi connectivity index (χ1n) is 8.13. The summed E-state index contributed by atoms with van der Waals surface area (Å²) >= 11 is 0. The molecule has 0 radical (unpaired) electrons. The van der Waals surface area contributed by atoms with Crippen molar-refractivity contribution in [3.05, 3.63) is 23.8 Å². The Labute approximate surface area is 148 Å². The van der Waals surface area contributed by atoms with E-state index in [0.29, 0.717) is 31.1 Å². The monoisotopic (exact) mass is 376 g/mol. The van der Waals surface area contributed by atoms with Gasteiger partial charge >= 0.3 is 10.4 Å². The second kappa shape index (κ2) is 8.81. The molecular formula is C16H26NO7S+. The summed E-state index contributed by atoms with van der Waals surface area (Å²) in [7, 11) is -1.18. The lowest BCUT2D eigenvalue weighted by atomic mass is 10.1. The van der Waals surface area contributed by atoms with Gasteiger partial charge in [0.05, 0.1) is 40.6 Å². The van der Waals surface area contributed by atoms with Crippen LogP contribution in [0.4, 0.5) is 0 Å². The summed E-state index contributed by atoms with van der Waals surface area (Å²) in [5.74, 6) is 1.36. The average molecular weight is 376 g/mol. The van der Waals surface area contributed by atoms with Crippen molar-refractivity contribution in [3.8, 4) is 11.5 Å². The molecule has 0 spiro atoms. The molecule has 1 aliphatic heterocycles. The fourth-order valence-corrected chi connectivity index (χ4v) is 3.45. The highest BCUT2D eigenvalue weighted by molar-refractivity contribution is 7.80. The van der Waals surface area contributed by atoms with E-state index in [9.17, 15) is 8.42 Å². The van der Waals surface area contributed by atoms with Crippen LogP contribution in [0, 0.1) is 0 Å². The number of morpholine rings is 1. The van der Waals surface area contributed by atoms with Gasteiger partial charge in [-0.05, 0) is 18.2 Å². The van der Waals surface area contributed by atoms with Crippen LogP contribution in [0.3, 0.4) is 0 Å². The molecule has 1 fully saturated rings. The molecule has 1 N–H and O–H groups in total. The topological polar surface area (TPSA) is 91.3 Å². The highest BCUT2D eigenvalue weighted by atomic mass is 32.3. The first kappa shape index (κ1) is 19.9. The maximum atomic E-state index is 10.7. The van der Waals surface area contributed by atoms with E-state index in [4.69, 9.17) is 18.8 Å². The molecule has 0 amide bonds. The Morgan fingerprint density at radius 3 is 2.44 bits per heavy atom. The van der Waals surface area contributed by atoms with Gasteiger partial charge in [-0.15, -0.1) is 0 Å². The van der Waals surface area contributed by atoms with E-state index in [-0.39, 0.29) is 6.61 Å². The van der Waals surface area contributed by atoms with Crippen LogP contribution in [0.25, 0.3) is 0 Å². The van der Waals surface area contributed by atoms with E-state index in [1.807, 2.05) is 18.2 Å². The predicted octanol–water partition coefficient (Wildman–Crippen LogP) is 1.26. The summed E-state index contributed by atoms with van der Waals surface area (Å²) in [6, 6.07) is 5.85. The van der Waals surface area contributed by atoms with Gasteiger partial charge in [0.2, 0.25) is 0 Å². The zero-order valence-electron chi connectivity index (χ0n) is 14.6. The molecule has 0 atom stereocenters. The third-order valence-electron chi connectivity index (χ3n) is 4.39. The van der Waals surface area contributed by atoms with Crippen molar-refractivity contribution in [2.24, 2.45) is 0 Å². The highest BCUT2D eigenvalue weighted by Gasteiger charge is 2.30. The van der Waals surface area contributed by atoms with Crippen LogP contribution in [0.5, 0.6) is 11.5 Å². The Kier molecular flexibility index (Phi) is 7.03. The molecule has 1 saturated heterocycles. The number of ether oxygens (including phenoxy) is 3. The van der Waals surface area contributed by atoms with E-state index in [0.717, 1.165) is 36.2 Å². The second-order valence-corrected chi connectivity index (χ2v) is 7.17. The van der Waals surface area contributed by atoms with E-state index in [2.05, 4.69) is 4.18 Å². The van der Waals surface area contributed by atoms with Crippen molar-refractivity contribution in [1.29, 1.82) is 0 Å². The minimum Gasteiger partial charge on any atom is -0.493 e. The number of hydrogen-bond donors (Lipinski definition) is 1. The molecule has 0 unspecified atom stereocenters. The normalized spacial score (nSPS) is 17.2. The van der Waals surface area contributed by atoms with Crippen LogP contribution in [0.1, 0.15) is 12.0 Å². The minimum absolute atomic E-state index is 0.0361. The van der Waals surface area contributed by atoms with Crippen molar-refractivity contribution in [2.75, 3.05) is 53.7 Å². The Balaban J connectivity index is 2.06. The van der Waals surface area contributed by atoms with Gasteiger partial charge in [-0.3, -0.25) is 4.55 Å². The van der Waals surface area contributed by atoms with Crippen LogP contribution < -0.4 is 9.47 Å². The van der Waals surface area contributed by atoms with Crippen LogP contribution in [0.2, 0.25) is 0 Å². The largest absolute Gasteiger partial charge is 0.493 e. The first-order valence-corrected chi connectivity index (χ1v) is 9.49. The van der Waals surface area contributed by atoms with Crippen molar-refractivity contribution in [2.45, 2.75) is 13.0 Å². The third-order valence-corrected chi connectivity index (χ3v) is 4.86. The van der Waals surface area contributed by atoms with Gasteiger partial charge in [0, 0.05) is 12.0 Å². The lowest BCUT2D eigenvalue weighted by Crippen LogP contribution is -2.55. The van der Waals surface area contributed by atoms with E-state index in [1.54, 1.807) is 14.2 Å². The Morgan fingerprint density at radius 2 is 1.84 bits per heavy atom. The summed E-state index contributed by atoms with van der Waals surface area (Å²) in [6.07, 6.45) is 0.521. The van der Waals surface area contributed by atoms with E-state index in [1.165, 1.54) is 0 Å². The SMILES string of the molecule is COc1ccc(C[N+]2(CCCOS(=O)(=O)O)CCOCC2)cc1OC. The van der Waals surface area contributed by atoms with E-state index >= 15 is 0 Å². The standard InChI is InChI=1S/C16H25NO7S/c1-21-15-5-4-14(12-16(15)22-2)13-17(7-10-23-11-8-17)6-3-9-24-25(18,19)20/h4-5,12H,3,6-11,13H2,1-2H3/p+1. The van der Waals surface area contributed by atoms with Gasteiger partial charge in [-0.1, -0.05) is 0 Å². The van der Waals surface area contributed by atoms with Gasteiger partial charge in [-0.2, -0.15) is 8.42 Å². The zero-order valence-corrected chi connectivity index (χ0v) is 15.5. The molecule has 0 aliphatic carbocycles. The molecule has 2 rings (SSSR count). The molecule has 9 heteroatoms. The second-order valence-electron chi connectivity index (χ2n) is 6.08. The number of methoxy groups -OCH3 is 2. The maximum Gasteiger partial charge on any atom is 0.397 e. The molecule has 8 nitrogen and oxygen atoms in total. The number of benzene rings is 1.